The first-order valence-corrected chi connectivity index (χ1v) is 21.4. The van der Waals surface area contributed by atoms with Crippen LogP contribution in [0.2, 0.25) is 0 Å². The third kappa shape index (κ3) is 19.0. The summed E-state index contributed by atoms with van der Waals surface area (Å²) in [5, 5.41) is 25.0. The highest BCUT2D eigenvalue weighted by molar-refractivity contribution is 9.08. The number of fused-ring (bicyclic) bond motifs is 1. The van der Waals surface area contributed by atoms with E-state index in [9.17, 15) is 34.6 Å². The summed E-state index contributed by atoms with van der Waals surface area (Å²) in [6.07, 6.45) is 2.66. The number of ketones is 1. The van der Waals surface area contributed by atoms with Crippen molar-refractivity contribution in [3.63, 3.8) is 0 Å². The minimum Gasteiger partial charge on any atom is -0.466 e. The Balaban J connectivity index is 0.000000274. The van der Waals surface area contributed by atoms with Crippen molar-refractivity contribution in [1.82, 2.24) is 5.32 Å². The number of Topliss-reactive ketones (excluding diaryl/α,β-unsaturated/α-hetero) is 1. The van der Waals surface area contributed by atoms with Gasteiger partial charge in [-0.3, -0.25) is 34.6 Å². The van der Waals surface area contributed by atoms with Crippen molar-refractivity contribution in [3.8, 4) is 0 Å². The number of nitrogens with two attached hydrogens (primary N) is 1. The zero-order valence-electron chi connectivity index (χ0n) is 34.6. The van der Waals surface area contributed by atoms with Crippen LogP contribution in [-0.4, -0.2) is 53.1 Å². The molecule has 0 saturated carbocycles. The first-order chi connectivity index (χ1) is 28.1. The van der Waals surface area contributed by atoms with Crippen molar-refractivity contribution < 1.29 is 33.7 Å². The molecule has 318 valence electrons. The highest BCUT2D eigenvalue weighted by Crippen LogP contribution is 2.25. The molecule has 0 fully saturated rings. The second-order valence-electron chi connectivity index (χ2n) is 13.7. The lowest BCUT2D eigenvalue weighted by atomic mass is 10.0. The van der Waals surface area contributed by atoms with Gasteiger partial charge in [-0.1, -0.05) is 80.6 Å². The fourth-order valence-electron chi connectivity index (χ4n) is 5.77. The lowest BCUT2D eigenvalue weighted by molar-refractivity contribution is -0.385. The van der Waals surface area contributed by atoms with Gasteiger partial charge >= 0.3 is 11.9 Å². The molecule has 0 unspecified atom stereocenters. The Morgan fingerprint density at radius 3 is 1.86 bits per heavy atom. The number of rotatable bonds is 13. The molecule has 0 radical (unpaired) electrons. The van der Waals surface area contributed by atoms with E-state index in [0.29, 0.717) is 49.2 Å². The largest absolute Gasteiger partial charge is 0.466 e. The average Bonchev–Trinajstić information content (AvgIpc) is 3.37. The molecule has 0 saturated heterocycles. The average molecular weight is 896 g/mol. The number of hydrogen-bond acceptors (Lipinski definition) is 12. The highest BCUT2D eigenvalue weighted by Gasteiger charge is 2.15. The topological polar surface area (TPSA) is 194 Å². The van der Waals surface area contributed by atoms with Gasteiger partial charge in [0, 0.05) is 59.4 Å². The van der Waals surface area contributed by atoms with Gasteiger partial charge in [-0.05, 0) is 89.3 Å². The van der Waals surface area contributed by atoms with Crippen LogP contribution in [0.3, 0.4) is 0 Å². The van der Waals surface area contributed by atoms with Crippen LogP contribution >= 0.6 is 27.7 Å². The number of benzene rings is 4. The first kappa shape index (κ1) is 50.0. The smallest absolute Gasteiger partial charge is 0.315 e. The van der Waals surface area contributed by atoms with Crippen LogP contribution in [0.15, 0.2) is 72.8 Å². The molecule has 1 aliphatic heterocycles. The normalized spacial score (nSPS) is 11.5. The van der Waals surface area contributed by atoms with Crippen LogP contribution in [0, 0.1) is 47.9 Å². The summed E-state index contributed by atoms with van der Waals surface area (Å²) in [5.74, 6) is 0.490. The summed E-state index contributed by atoms with van der Waals surface area (Å²) < 4.78 is 9.65. The molecule has 4 aromatic carbocycles. The van der Waals surface area contributed by atoms with E-state index in [-0.39, 0.29) is 39.8 Å². The van der Waals surface area contributed by atoms with Crippen molar-refractivity contribution in [1.29, 1.82) is 0 Å². The summed E-state index contributed by atoms with van der Waals surface area (Å²) in [4.78, 5) is 54.1. The van der Waals surface area contributed by atoms with E-state index in [1.165, 1.54) is 46.1 Å². The van der Waals surface area contributed by atoms with Crippen LogP contribution in [0.4, 0.5) is 17.1 Å². The van der Waals surface area contributed by atoms with Gasteiger partial charge in [-0.2, -0.15) is 0 Å². The van der Waals surface area contributed by atoms with Crippen LogP contribution in [0.1, 0.15) is 76.8 Å². The second-order valence-corrected chi connectivity index (χ2v) is 15.2. The molecule has 4 aromatic rings. The molecule has 1 aliphatic rings. The van der Waals surface area contributed by atoms with Crippen LogP contribution in [-0.2, 0) is 54.3 Å². The molecule has 0 bridgehead atoms. The highest BCUT2D eigenvalue weighted by atomic mass is 79.9. The summed E-state index contributed by atoms with van der Waals surface area (Å²) in [7, 11) is 0. The van der Waals surface area contributed by atoms with Gasteiger partial charge in [0.2, 0.25) is 0 Å². The van der Waals surface area contributed by atoms with Crippen LogP contribution in [0.5, 0.6) is 0 Å². The van der Waals surface area contributed by atoms with Crippen molar-refractivity contribution >= 4 is 62.5 Å². The quantitative estimate of drug-likeness (QED) is 0.0426. The SMILES string of the molecule is CCOC(=O)CCCc1cc(C)ccc1N.CCOC(=O)CSCc1cc(C)ccc1[N+](=O)[O-].Cc1ccc([N+](=O)[O-])c(CBr)c1.Cc1ccc2c(c1)CNCC(=O)C2. The lowest BCUT2D eigenvalue weighted by Gasteiger charge is -2.06. The molecule has 1 heterocycles. The van der Waals surface area contributed by atoms with E-state index in [2.05, 4.69) is 52.4 Å². The number of carbonyl (C=O) groups excluding carboxylic acids is 3. The maximum Gasteiger partial charge on any atom is 0.315 e. The minimum atomic E-state index is -0.403. The number of nitro benzene ring substituents is 2. The number of nitrogens with one attached hydrogen (secondary N) is 1. The standard InChI is InChI=1S/C13H19NO2.C12H15NO4S.C11H13NO.C8H8BrNO2/c1-3-16-13(15)6-4-5-11-9-10(2)7-8-12(11)14;1-3-17-12(14)8-18-7-10-6-9(2)4-5-11(10)13(15)16;1-8-2-3-9-5-11(13)7-12-6-10(9)4-8;1-6-2-3-8(10(11)12)7(4-6)5-9/h7-9H,3-6,14H2,1-2H3;4-6H,3,7-8H2,1-2H3;2-4,12H,5-7H2,1H3;2-4H,5H2,1H3. The van der Waals surface area contributed by atoms with E-state index >= 15 is 0 Å². The van der Waals surface area contributed by atoms with Gasteiger partial charge in [0.15, 0.2) is 5.78 Å². The van der Waals surface area contributed by atoms with Gasteiger partial charge in [0.25, 0.3) is 11.4 Å². The Morgan fingerprint density at radius 2 is 1.27 bits per heavy atom. The fourth-order valence-corrected chi connectivity index (χ4v) is 7.02. The monoisotopic (exact) mass is 894 g/mol. The first-order valence-electron chi connectivity index (χ1n) is 19.2. The van der Waals surface area contributed by atoms with E-state index in [4.69, 9.17) is 15.2 Å². The van der Waals surface area contributed by atoms with E-state index in [1.54, 1.807) is 25.1 Å². The Kier molecular flexibility index (Phi) is 22.7. The molecule has 15 heteroatoms. The van der Waals surface area contributed by atoms with Crippen LogP contribution in [0.25, 0.3) is 0 Å². The predicted octanol–water partition coefficient (Wildman–Crippen LogP) is 9.17. The van der Waals surface area contributed by atoms with Crippen molar-refractivity contribution in [2.24, 2.45) is 0 Å². The van der Waals surface area contributed by atoms with Crippen molar-refractivity contribution in [2.45, 2.75) is 84.9 Å². The fraction of sp³-hybridized carbons (Fsp3) is 0.386. The molecule has 0 atom stereocenters. The maximum absolute atomic E-state index is 11.3. The molecule has 59 heavy (non-hydrogen) atoms. The number of nitrogen functional groups attached to an aromatic ring is 1. The lowest BCUT2D eigenvalue weighted by Crippen LogP contribution is -2.19. The summed E-state index contributed by atoms with van der Waals surface area (Å²) in [6.45, 7) is 13.6. The molecular weight excluding hydrogens is 840 g/mol. The summed E-state index contributed by atoms with van der Waals surface area (Å²) >= 11 is 4.52. The van der Waals surface area contributed by atoms with Crippen molar-refractivity contribution in [2.75, 3.05) is 31.2 Å². The van der Waals surface area contributed by atoms with E-state index < -0.39 is 4.92 Å². The number of hydrogen-bond donors (Lipinski definition) is 2. The summed E-state index contributed by atoms with van der Waals surface area (Å²) in [6, 6.07) is 22.3. The van der Waals surface area contributed by atoms with Crippen LogP contribution < -0.4 is 11.1 Å². The molecule has 0 aliphatic carbocycles. The minimum absolute atomic E-state index is 0.0944. The molecule has 0 aromatic heterocycles. The Morgan fingerprint density at radius 1 is 0.746 bits per heavy atom. The zero-order valence-corrected chi connectivity index (χ0v) is 37.0. The number of halogens is 1. The maximum atomic E-state index is 11.3. The Hall–Kier alpha value is -5.12. The second kappa shape index (κ2) is 26.8. The number of esters is 2. The number of nitrogens with zero attached hydrogens (tertiary/aromatic N) is 2. The van der Waals surface area contributed by atoms with Gasteiger partial charge in [-0.25, -0.2) is 0 Å². The number of anilines is 1. The number of carbonyl (C=O) groups is 3. The Labute approximate surface area is 359 Å². The number of alkyl halides is 1. The number of thioether (sulfide) groups is 1. The van der Waals surface area contributed by atoms with E-state index in [1.807, 2.05) is 45.9 Å². The van der Waals surface area contributed by atoms with Gasteiger partial charge in [0.05, 0.1) is 35.4 Å². The molecular formula is C44H55BrN4O9S. The molecule has 3 N–H and O–H groups in total. The summed E-state index contributed by atoms with van der Waals surface area (Å²) in [5.41, 5.74) is 16.3. The predicted molar refractivity (Wildman–Crippen MR) is 238 cm³/mol. The van der Waals surface area contributed by atoms with Gasteiger partial charge < -0.3 is 20.5 Å². The van der Waals surface area contributed by atoms with Gasteiger partial charge in [-0.15, -0.1) is 11.8 Å². The van der Waals surface area contributed by atoms with Gasteiger partial charge in [0.1, 0.15) is 0 Å². The Bertz CT molecular complexity index is 2040. The van der Waals surface area contributed by atoms with E-state index in [0.717, 1.165) is 47.3 Å². The molecule has 0 spiro atoms. The third-order valence-corrected chi connectivity index (χ3v) is 10.2. The third-order valence-electron chi connectivity index (χ3n) is 8.61. The number of ether oxygens (including phenoxy) is 2. The van der Waals surface area contributed by atoms with Crippen molar-refractivity contribution in [3.05, 3.63) is 143 Å². The number of aryl methyl sites for hydroxylation is 5. The number of nitro groups is 2. The molecule has 5 rings (SSSR count). The zero-order chi connectivity index (χ0) is 43.9. The molecule has 13 nitrogen and oxygen atoms in total. The molecule has 0 amide bonds.